The summed E-state index contributed by atoms with van der Waals surface area (Å²) in [6, 6.07) is 2.10. The van der Waals surface area contributed by atoms with Crippen molar-refractivity contribution in [1.29, 1.82) is 0 Å². The molecule has 0 fully saturated rings. The van der Waals surface area contributed by atoms with E-state index >= 15 is 0 Å². The molecule has 1 aromatic carbocycles. The van der Waals surface area contributed by atoms with E-state index in [0.29, 0.717) is 0 Å². The number of esters is 1. The van der Waals surface area contributed by atoms with Crippen LogP contribution in [0.2, 0.25) is 0 Å². The number of hydrogen-bond donors (Lipinski definition) is 3. The van der Waals surface area contributed by atoms with Gasteiger partial charge in [0.05, 0.1) is 5.56 Å². The molecule has 0 aliphatic rings. The van der Waals surface area contributed by atoms with Crippen LogP contribution in [0.4, 0.5) is 0 Å². The topological polar surface area (TPSA) is 87.0 Å². The fourth-order valence-electron chi connectivity index (χ4n) is 1.98. The van der Waals surface area contributed by atoms with Crippen LogP contribution < -0.4 is 0 Å². The van der Waals surface area contributed by atoms with E-state index in [9.17, 15) is 20.1 Å². The number of phenolic OH excluding ortho intramolecular Hbond substituents is 3. The third-order valence-corrected chi connectivity index (χ3v) is 3.26. The standard InChI is InChI=1S/C17H24O5/c1-2-3-4-5-6-7-8-9-10-22-17(21)13-11-14(18)16(20)15(19)12-13/h8-9,11-12,18-20H,2-7,10H2,1H3/b9-8+. The lowest BCUT2D eigenvalue weighted by molar-refractivity contribution is 0.0548. The smallest absolute Gasteiger partial charge is 0.338 e. The molecule has 22 heavy (non-hydrogen) atoms. The van der Waals surface area contributed by atoms with Gasteiger partial charge in [0.25, 0.3) is 0 Å². The second-order valence-corrected chi connectivity index (χ2v) is 5.14. The Morgan fingerprint density at radius 3 is 2.32 bits per heavy atom. The maximum Gasteiger partial charge on any atom is 0.338 e. The monoisotopic (exact) mass is 308 g/mol. The Morgan fingerprint density at radius 2 is 1.68 bits per heavy atom. The van der Waals surface area contributed by atoms with Crippen LogP contribution in [0.15, 0.2) is 24.3 Å². The summed E-state index contributed by atoms with van der Waals surface area (Å²) < 4.78 is 4.99. The van der Waals surface area contributed by atoms with Crippen LogP contribution in [0, 0.1) is 0 Å². The molecule has 1 aromatic rings. The van der Waals surface area contributed by atoms with E-state index in [-0.39, 0.29) is 12.2 Å². The van der Waals surface area contributed by atoms with Crippen molar-refractivity contribution in [1.82, 2.24) is 0 Å². The predicted octanol–water partition coefficient (Wildman–Crippen LogP) is 3.88. The van der Waals surface area contributed by atoms with Crippen molar-refractivity contribution in [3.8, 4) is 17.2 Å². The molecular weight excluding hydrogens is 284 g/mol. The Morgan fingerprint density at radius 1 is 1.05 bits per heavy atom. The van der Waals surface area contributed by atoms with Crippen molar-refractivity contribution >= 4 is 5.97 Å². The first kappa shape index (κ1) is 17.9. The first-order valence-electron chi connectivity index (χ1n) is 7.63. The molecule has 0 spiro atoms. The van der Waals surface area contributed by atoms with Gasteiger partial charge in [-0.25, -0.2) is 4.79 Å². The third-order valence-electron chi connectivity index (χ3n) is 3.26. The minimum absolute atomic E-state index is 0.0132. The van der Waals surface area contributed by atoms with Crippen LogP contribution >= 0.6 is 0 Å². The summed E-state index contributed by atoms with van der Waals surface area (Å²) >= 11 is 0. The highest BCUT2D eigenvalue weighted by atomic mass is 16.5. The maximum absolute atomic E-state index is 11.7. The number of phenols is 3. The average molecular weight is 308 g/mol. The summed E-state index contributed by atoms with van der Waals surface area (Å²) in [5.74, 6) is -2.44. The van der Waals surface area contributed by atoms with Crippen molar-refractivity contribution in [3.63, 3.8) is 0 Å². The van der Waals surface area contributed by atoms with E-state index in [1.165, 1.54) is 25.7 Å². The van der Waals surface area contributed by atoms with Crippen molar-refractivity contribution < 1.29 is 24.9 Å². The predicted molar refractivity (Wildman–Crippen MR) is 84.2 cm³/mol. The first-order chi connectivity index (χ1) is 10.6. The molecule has 0 unspecified atom stereocenters. The second-order valence-electron chi connectivity index (χ2n) is 5.14. The van der Waals surface area contributed by atoms with Gasteiger partial charge in [-0.3, -0.25) is 0 Å². The summed E-state index contributed by atoms with van der Waals surface area (Å²) in [6.07, 6.45) is 10.8. The van der Waals surface area contributed by atoms with Crippen molar-refractivity contribution in [2.75, 3.05) is 6.61 Å². The lowest BCUT2D eigenvalue weighted by atomic mass is 10.1. The zero-order chi connectivity index (χ0) is 16.4. The molecule has 1 rings (SSSR count). The molecule has 0 atom stereocenters. The Bertz CT molecular complexity index is 485. The van der Waals surface area contributed by atoms with Gasteiger partial charge in [0.1, 0.15) is 6.61 Å². The molecule has 0 aliphatic carbocycles. The Kier molecular flexibility index (Phi) is 7.89. The normalized spacial score (nSPS) is 11.0. The highest BCUT2D eigenvalue weighted by Gasteiger charge is 2.13. The molecule has 5 heteroatoms. The summed E-state index contributed by atoms with van der Waals surface area (Å²) in [5, 5.41) is 27.9. The van der Waals surface area contributed by atoms with Crippen LogP contribution in [-0.2, 0) is 4.74 Å². The number of allylic oxidation sites excluding steroid dienone is 1. The number of ether oxygens (including phenoxy) is 1. The lowest BCUT2D eigenvalue weighted by Crippen LogP contribution is -2.04. The van der Waals surface area contributed by atoms with E-state index in [1.54, 1.807) is 6.08 Å². The molecule has 0 saturated carbocycles. The molecular formula is C17H24O5. The number of carbonyl (C=O) groups excluding carboxylic acids is 1. The largest absolute Gasteiger partial charge is 0.504 e. The number of aromatic hydroxyl groups is 3. The zero-order valence-electron chi connectivity index (χ0n) is 12.9. The van der Waals surface area contributed by atoms with E-state index < -0.39 is 23.2 Å². The van der Waals surface area contributed by atoms with Gasteiger partial charge < -0.3 is 20.1 Å². The molecule has 0 radical (unpaired) electrons. The van der Waals surface area contributed by atoms with E-state index in [2.05, 4.69) is 6.92 Å². The third kappa shape index (κ3) is 6.08. The number of unbranched alkanes of at least 4 members (excludes halogenated alkanes) is 5. The number of rotatable bonds is 9. The molecule has 0 saturated heterocycles. The summed E-state index contributed by atoms with van der Waals surface area (Å²) in [6.45, 7) is 2.32. The van der Waals surface area contributed by atoms with Gasteiger partial charge >= 0.3 is 5.97 Å². The summed E-state index contributed by atoms with van der Waals surface area (Å²) in [4.78, 5) is 11.7. The highest BCUT2D eigenvalue weighted by Crippen LogP contribution is 2.35. The van der Waals surface area contributed by atoms with Crippen LogP contribution in [0.3, 0.4) is 0 Å². The molecule has 5 nitrogen and oxygen atoms in total. The van der Waals surface area contributed by atoms with Gasteiger partial charge in [0, 0.05) is 0 Å². The van der Waals surface area contributed by atoms with Gasteiger partial charge in [-0.15, -0.1) is 0 Å². The Labute approximate surface area is 130 Å². The fraction of sp³-hybridized carbons (Fsp3) is 0.471. The maximum atomic E-state index is 11.7. The lowest BCUT2D eigenvalue weighted by Gasteiger charge is -2.05. The molecule has 122 valence electrons. The molecule has 3 N–H and O–H groups in total. The van der Waals surface area contributed by atoms with E-state index in [4.69, 9.17) is 4.74 Å². The fourth-order valence-corrected chi connectivity index (χ4v) is 1.98. The second kappa shape index (κ2) is 9.71. The average Bonchev–Trinajstić information content (AvgIpc) is 2.50. The van der Waals surface area contributed by atoms with E-state index in [1.807, 2.05) is 6.08 Å². The number of benzene rings is 1. The first-order valence-corrected chi connectivity index (χ1v) is 7.63. The van der Waals surface area contributed by atoms with Gasteiger partial charge in [-0.2, -0.15) is 0 Å². The molecule has 0 amide bonds. The summed E-state index contributed by atoms with van der Waals surface area (Å²) in [5.41, 5.74) is -0.0132. The van der Waals surface area contributed by atoms with Gasteiger partial charge in [0.15, 0.2) is 17.2 Å². The van der Waals surface area contributed by atoms with Crippen LogP contribution in [0.25, 0.3) is 0 Å². The van der Waals surface area contributed by atoms with Gasteiger partial charge in [0.2, 0.25) is 0 Å². The highest BCUT2D eigenvalue weighted by molar-refractivity contribution is 5.91. The van der Waals surface area contributed by atoms with E-state index in [0.717, 1.165) is 25.0 Å². The molecule has 0 aliphatic heterocycles. The number of hydrogen-bond acceptors (Lipinski definition) is 5. The minimum Gasteiger partial charge on any atom is -0.504 e. The molecule has 0 aromatic heterocycles. The SMILES string of the molecule is CCCCCCC/C=C/COC(=O)c1cc(O)c(O)c(O)c1. The minimum atomic E-state index is -0.668. The van der Waals surface area contributed by atoms with Crippen LogP contribution in [-0.4, -0.2) is 27.9 Å². The van der Waals surface area contributed by atoms with Crippen molar-refractivity contribution in [3.05, 3.63) is 29.8 Å². The Balaban J connectivity index is 2.29. The van der Waals surface area contributed by atoms with Crippen LogP contribution in [0.1, 0.15) is 55.8 Å². The molecule has 0 bridgehead atoms. The van der Waals surface area contributed by atoms with Crippen LogP contribution in [0.5, 0.6) is 17.2 Å². The van der Waals surface area contributed by atoms with Crippen molar-refractivity contribution in [2.24, 2.45) is 0 Å². The molecule has 0 heterocycles. The quantitative estimate of drug-likeness (QED) is 0.279. The number of carbonyl (C=O) groups is 1. The van der Waals surface area contributed by atoms with Gasteiger partial charge in [-0.1, -0.05) is 44.8 Å². The van der Waals surface area contributed by atoms with Gasteiger partial charge in [-0.05, 0) is 25.0 Å². The summed E-state index contributed by atoms with van der Waals surface area (Å²) in [7, 11) is 0. The Hall–Kier alpha value is -2.17. The zero-order valence-corrected chi connectivity index (χ0v) is 12.9. The van der Waals surface area contributed by atoms with Crippen molar-refractivity contribution in [2.45, 2.75) is 45.4 Å².